The highest BCUT2D eigenvalue weighted by atomic mass is 16.5. The van der Waals surface area contributed by atoms with E-state index < -0.39 is 0 Å². The molecule has 0 aliphatic carbocycles. The van der Waals surface area contributed by atoms with Gasteiger partial charge < -0.3 is 25.0 Å². The smallest absolute Gasteiger partial charge is 0.274 e. The number of ether oxygens (including phenoxy) is 1. The van der Waals surface area contributed by atoms with Crippen LogP contribution in [0.1, 0.15) is 44.8 Å². The molecule has 9 nitrogen and oxygen atoms in total. The van der Waals surface area contributed by atoms with E-state index in [-0.39, 0.29) is 28.8 Å². The first-order valence-corrected chi connectivity index (χ1v) is 11.2. The Morgan fingerprint density at radius 1 is 1.09 bits per heavy atom. The van der Waals surface area contributed by atoms with E-state index in [0.717, 1.165) is 36.3 Å². The third kappa shape index (κ3) is 4.00. The summed E-state index contributed by atoms with van der Waals surface area (Å²) in [5.41, 5.74) is 3.06. The number of aromatic amines is 1. The summed E-state index contributed by atoms with van der Waals surface area (Å²) in [6, 6.07) is 8.89. The van der Waals surface area contributed by atoms with Gasteiger partial charge in [-0.3, -0.25) is 14.7 Å². The summed E-state index contributed by atoms with van der Waals surface area (Å²) in [6.45, 7) is 3.62. The molecule has 1 saturated heterocycles. The maximum atomic E-state index is 13.3. The van der Waals surface area contributed by atoms with Gasteiger partial charge in [-0.25, -0.2) is 0 Å². The number of likely N-dealkylation sites (N-methyl/N-ethyl adjacent to an activating group) is 1. The van der Waals surface area contributed by atoms with Gasteiger partial charge in [-0.15, -0.1) is 0 Å². The summed E-state index contributed by atoms with van der Waals surface area (Å²) < 4.78 is 5.74. The van der Waals surface area contributed by atoms with Crippen molar-refractivity contribution in [3.8, 4) is 11.5 Å². The fraction of sp³-hybridized carbons (Fsp3) is 0.375. The molecule has 2 aliphatic heterocycles. The van der Waals surface area contributed by atoms with Crippen LogP contribution in [0.15, 0.2) is 30.3 Å². The quantitative estimate of drug-likeness (QED) is 0.498. The lowest BCUT2D eigenvalue weighted by Crippen LogP contribution is -2.28. The molecule has 172 valence electrons. The molecule has 0 atom stereocenters. The Balaban J connectivity index is 1.38. The highest BCUT2D eigenvalue weighted by molar-refractivity contribution is 6.08. The molecule has 2 aromatic carbocycles. The van der Waals surface area contributed by atoms with Gasteiger partial charge in [0.2, 0.25) is 0 Å². The predicted molar refractivity (Wildman–Crippen MR) is 122 cm³/mol. The number of nitrogens with zero attached hydrogens (tertiary/aromatic N) is 3. The van der Waals surface area contributed by atoms with Crippen molar-refractivity contribution in [3.63, 3.8) is 0 Å². The van der Waals surface area contributed by atoms with E-state index in [1.807, 2.05) is 25.2 Å². The Hall–Kier alpha value is -3.59. The number of likely N-dealkylation sites (tertiary alicyclic amines) is 1. The number of hydrogen-bond acceptors (Lipinski definition) is 6. The van der Waals surface area contributed by atoms with E-state index in [1.165, 1.54) is 6.07 Å². The van der Waals surface area contributed by atoms with Crippen LogP contribution in [0, 0.1) is 0 Å². The molecule has 1 fully saturated rings. The van der Waals surface area contributed by atoms with E-state index in [2.05, 4.69) is 15.5 Å². The van der Waals surface area contributed by atoms with Gasteiger partial charge in [-0.1, -0.05) is 6.07 Å². The largest absolute Gasteiger partial charge is 0.507 e. The number of aromatic nitrogens is 2. The molecule has 33 heavy (non-hydrogen) atoms. The highest BCUT2D eigenvalue weighted by Crippen LogP contribution is 2.32. The second kappa shape index (κ2) is 8.74. The molecule has 3 aromatic rings. The molecule has 0 saturated carbocycles. The van der Waals surface area contributed by atoms with Gasteiger partial charge in [0.05, 0.1) is 11.1 Å². The van der Waals surface area contributed by atoms with Crippen molar-refractivity contribution < 1.29 is 19.4 Å². The van der Waals surface area contributed by atoms with Crippen LogP contribution in [-0.4, -0.2) is 70.2 Å². The number of phenolic OH excluding ortho intramolecular Hbond substituents is 1. The summed E-state index contributed by atoms with van der Waals surface area (Å²) in [7, 11) is 1.87. The van der Waals surface area contributed by atoms with Gasteiger partial charge in [-0.2, -0.15) is 5.10 Å². The van der Waals surface area contributed by atoms with E-state index >= 15 is 0 Å². The van der Waals surface area contributed by atoms with Crippen molar-refractivity contribution in [1.82, 2.24) is 25.3 Å². The van der Waals surface area contributed by atoms with E-state index in [0.29, 0.717) is 43.7 Å². The highest BCUT2D eigenvalue weighted by Gasteiger charge is 2.29. The molecule has 0 unspecified atom stereocenters. The molecule has 0 spiro atoms. The standard InChI is InChI=1S/C24H27N5O4/c1-25-6-9-33-17-5-4-15-13-29(14-16(15)10-17)23(31)19-11-18-20(12-21(19)30)26-27-22(18)24(32)28-7-2-3-8-28/h4-5,10-12,25,30H,2-3,6-9,13-14H2,1H3,(H,26,27). The molecule has 3 heterocycles. The second-order valence-corrected chi connectivity index (χ2v) is 8.53. The van der Waals surface area contributed by atoms with E-state index in [4.69, 9.17) is 4.74 Å². The molecule has 0 bridgehead atoms. The van der Waals surface area contributed by atoms with Crippen molar-refractivity contribution in [3.05, 3.63) is 52.7 Å². The van der Waals surface area contributed by atoms with Crippen LogP contribution in [0.25, 0.3) is 10.9 Å². The second-order valence-electron chi connectivity index (χ2n) is 8.53. The first-order chi connectivity index (χ1) is 16.0. The average molecular weight is 450 g/mol. The van der Waals surface area contributed by atoms with Gasteiger partial charge in [0.1, 0.15) is 18.1 Å². The zero-order valence-electron chi connectivity index (χ0n) is 18.6. The zero-order valence-corrected chi connectivity index (χ0v) is 18.6. The van der Waals surface area contributed by atoms with Crippen molar-refractivity contribution in [2.45, 2.75) is 25.9 Å². The van der Waals surface area contributed by atoms with Crippen molar-refractivity contribution in [2.75, 3.05) is 33.3 Å². The number of H-pyrrole nitrogens is 1. The number of aromatic hydroxyl groups is 1. The molecule has 2 amide bonds. The van der Waals surface area contributed by atoms with E-state index in [9.17, 15) is 14.7 Å². The first-order valence-electron chi connectivity index (χ1n) is 11.2. The van der Waals surface area contributed by atoms with Gasteiger partial charge in [-0.05, 0) is 49.2 Å². The summed E-state index contributed by atoms with van der Waals surface area (Å²) in [5, 5.41) is 21.1. The minimum atomic E-state index is -0.288. The van der Waals surface area contributed by atoms with Crippen LogP contribution in [0.5, 0.6) is 11.5 Å². The maximum Gasteiger partial charge on any atom is 0.274 e. The van der Waals surface area contributed by atoms with Crippen LogP contribution >= 0.6 is 0 Å². The number of amides is 2. The average Bonchev–Trinajstić information content (AvgIpc) is 3.56. The number of fused-ring (bicyclic) bond motifs is 2. The number of hydrogen-bond donors (Lipinski definition) is 3. The molecular weight excluding hydrogens is 422 g/mol. The number of carbonyl (C=O) groups is 2. The minimum absolute atomic E-state index is 0.136. The number of rotatable bonds is 6. The number of phenols is 1. The van der Waals surface area contributed by atoms with Crippen molar-refractivity contribution >= 4 is 22.7 Å². The molecule has 0 radical (unpaired) electrons. The lowest BCUT2D eigenvalue weighted by atomic mass is 10.1. The molecule has 5 rings (SSSR count). The molecule has 9 heteroatoms. The first kappa shape index (κ1) is 21.3. The van der Waals surface area contributed by atoms with Crippen LogP contribution in [0.4, 0.5) is 0 Å². The molecule has 3 N–H and O–H groups in total. The zero-order chi connectivity index (χ0) is 22.9. The lowest BCUT2D eigenvalue weighted by Gasteiger charge is -2.17. The topological polar surface area (TPSA) is 111 Å². The minimum Gasteiger partial charge on any atom is -0.507 e. The Labute approximate surface area is 191 Å². The number of benzene rings is 2. The summed E-state index contributed by atoms with van der Waals surface area (Å²) in [6.07, 6.45) is 1.97. The predicted octanol–water partition coefficient (Wildman–Crippen LogP) is 2.26. The van der Waals surface area contributed by atoms with Crippen molar-refractivity contribution in [2.24, 2.45) is 0 Å². The van der Waals surface area contributed by atoms with Gasteiger partial charge >= 0.3 is 0 Å². The Morgan fingerprint density at radius 3 is 2.67 bits per heavy atom. The number of carbonyl (C=O) groups excluding carboxylic acids is 2. The third-order valence-electron chi connectivity index (χ3n) is 6.31. The normalized spacial score (nSPS) is 15.3. The number of nitrogens with one attached hydrogen (secondary N) is 2. The van der Waals surface area contributed by atoms with Gasteiger partial charge in [0, 0.05) is 44.2 Å². The fourth-order valence-electron chi connectivity index (χ4n) is 4.50. The summed E-state index contributed by atoms with van der Waals surface area (Å²) >= 11 is 0. The summed E-state index contributed by atoms with van der Waals surface area (Å²) in [5.74, 6) is 0.195. The van der Waals surface area contributed by atoms with Gasteiger partial charge in [0.25, 0.3) is 11.8 Å². The third-order valence-corrected chi connectivity index (χ3v) is 6.31. The van der Waals surface area contributed by atoms with E-state index in [1.54, 1.807) is 15.9 Å². The summed E-state index contributed by atoms with van der Waals surface area (Å²) in [4.78, 5) is 29.7. The Bertz CT molecular complexity index is 1220. The maximum absolute atomic E-state index is 13.3. The van der Waals surface area contributed by atoms with Crippen LogP contribution in [0.2, 0.25) is 0 Å². The molecule has 2 aliphatic rings. The van der Waals surface area contributed by atoms with Crippen LogP contribution in [-0.2, 0) is 13.1 Å². The Morgan fingerprint density at radius 2 is 1.88 bits per heavy atom. The van der Waals surface area contributed by atoms with Crippen LogP contribution < -0.4 is 10.1 Å². The SMILES string of the molecule is CNCCOc1ccc2c(c1)CN(C(=O)c1cc3c(C(=O)N4CCCC4)n[nH]c3cc1O)C2. The molecular formula is C24H27N5O4. The van der Waals surface area contributed by atoms with Crippen molar-refractivity contribution in [1.29, 1.82) is 0 Å². The fourth-order valence-corrected chi connectivity index (χ4v) is 4.50. The molecule has 1 aromatic heterocycles. The van der Waals surface area contributed by atoms with Crippen LogP contribution in [0.3, 0.4) is 0 Å². The lowest BCUT2D eigenvalue weighted by molar-refractivity contribution is 0.0746. The van der Waals surface area contributed by atoms with Gasteiger partial charge in [0.15, 0.2) is 5.69 Å². The Kier molecular flexibility index (Phi) is 5.63. The monoisotopic (exact) mass is 449 g/mol.